The standard InChI is InChI=1S/C22H20F4N6O/c1-12-5-3-4-6-14(12)9-31-10-15(8-27-31)28-18(33)11-32-22-19(13(2)30-32)16(20(23)24)7-17(29-22)21(25)26/h3-8,10,20-21H,9,11H2,1-2H3,(H,28,33). The van der Waals surface area contributed by atoms with E-state index in [0.717, 1.165) is 15.8 Å². The average molecular weight is 460 g/mol. The molecule has 0 bridgehead atoms. The van der Waals surface area contributed by atoms with Gasteiger partial charge < -0.3 is 5.32 Å². The van der Waals surface area contributed by atoms with E-state index in [1.54, 1.807) is 10.9 Å². The van der Waals surface area contributed by atoms with Crippen LogP contribution in [0.4, 0.5) is 23.2 Å². The molecular formula is C22H20F4N6O. The van der Waals surface area contributed by atoms with Crippen molar-refractivity contribution in [2.75, 3.05) is 5.32 Å². The Kier molecular flexibility index (Phi) is 6.12. The number of rotatable bonds is 7. The molecule has 1 amide bonds. The van der Waals surface area contributed by atoms with Crippen LogP contribution in [0.2, 0.25) is 0 Å². The Morgan fingerprint density at radius 1 is 1.12 bits per heavy atom. The van der Waals surface area contributed by atoms with E-state index in [1.807, 2.05) is 31.2 Å². The molecule has 0 aliphatic heterocycles. The zero-order valence-electron chi connectivity index (χ0n) is 17.8. The Labute approximate surface area is 186 Å². The zero-order valence-corrected chi connectivity index (χ0v) is 17.8. The molecule has 0 fully saturated rings. The van der Waals surface area contributed by atoms with Crippen molar-refractivity contribution in [3.63, 3.8) is 0 Å². The van der Waals surface area contributed by atoms with Gasteiger partial charge in [-0.05, 0) is 31.0 Å². The summed E-state index contributed by atoms with van der Waals surface area (Å²) in [7, 11) is 0. The third kappa shape index (κ3) is 4.71. The van der Waals surface area contributed by atoms with Gasteiger partial charge in [0.05, 0.1) is 29.5 Å². The van der Waals surface area contributed by atoms with Gasteiger partial charge >= 0.3 is 0 Å². The molecule has 0 radical (unpaired) electrons. The Morgan fingerprint density at radius 3 is 2.58 bits per heavy atom. The van der Waals surface area contributed by atoms with Gasteiger partial charge in [-0.15, -0.1) is 0 Å². The molecule has 0 aliphatic rings. The van der Waals surface area contributed by atoms with Crippen molar-refractivity contribution in [1.82, 2.24) is 24.5 Å². The molecule has 0 saturated carbocycles. The fraction of sp³-hybridized carbons (Fsp3) is 0.273. The second-order valence-electron chi connectivity index (χ2n) is 7.58. The first kappa shape index (κ1) is 22.4. The van der Waals surface area contributed by atoms with Crippen LogP contribution in [0.15, 0.2) is 42.7 Å². The van der Waals surface area contributed by atoms with Crippen molar-refractivity contribution in [3.05, 3.63) is 70.8 Å². The summed E-state index contributed by atoms with van der Waals surface area (Å²) in [6, 6.07) is 8.52. The first-order valence-corrected chi connectivity index (χ1v) is 10.0. The molecule has 172 valence electrons. The van der Waals surface area contributed by atoms with E-state index in [0.29, 0.717) is 18.3 Å². The van der Waals surface area contributed by atoms with Gasteiger partial charge in [-0.2, -0.15) is 10.2 Å². The van der Waals surface area contributed by atoms with E-state index in [1.165, 1.54) is 13.1 Å². The van der Waals surface area contributed by atoms with Gasteiger partial charge in [-0.25, -0.2) is 27.2 Å². The number of hydrogen-bond acceptors (Lipinski definition) is 4. The SMILES string of the molecule is Cc1ccccc1Cn1cc(NC(=O)Cn2nc(C)c3c(C(F)F)cc(C(F)F)nc32)cn1. The number of hydrogen-bond donors (Lipinski definition) is 1. The van der Waals surface area contributed by atoms with Gasteiger partial charge in [0.15, 0.2) is 5.65 Å². The molecule has 0 aliphatic carbocycles. The van der Waals surface area contributed by atoms with Crippen LogP contribution in [0.5, 0.6) is 0 Å². The Bertz CT molecular complexity index is 1310. The molecule has 1 N–H and O–H groups in total. The third-order valence-corrected chi connectivity index (χ3v) is 5.19. The molecule has 11 heteroatoms. The summed E-state index contributed by atoms with van der Waals surface area (Å²) in [6.07, 6.45) is -2.90. The molecule has 3 aromatic heterocycles. The first-order valence-electron chi connectivity index (χ1n) is 10.0. The molecule has 0 spiro atoms. The van der Waals surface area contributed by atoms with Gasteiger partial charge in [0, 0.05) is 11.8 Å². The van der Waals surface area contributed by atoms with Crippen molar-refractivity contribution in [3.8, 4) is 0 Å². The number of amides is 1. The fourth-order valence-electron chi connectivity index (χ4n) is 3.61. The maximum absolute atomic E-state index is 13.5. The number of fused-ring (bicyclic) bond motifs is 1. The highest BCUT2D eigenvalue weighted by Crippen LogP contribution is 2.32. The lowest BCUT2D eigenvalue weighted by atomic mass is 10.1. The number of aryl methyl sites for hydroxylation is 2. The summed E-state index contributed by atoms with van der Waals surface area (Å²) in [5.41, 5.74) is 1.22. The Balaban J connectivity index is 1.54. The molecule has 7 nitrogen and oxygen atoms in total. The van der Waals surface area contributed by atoms with E-state index in [-0.39, 0.29) is 16.7 Å². The number of benzene rings is 1. The first-order chi connectivity index (χ1) is 15.7. The Hall–Kier alpha value is -3.76. The predicted octanol–water partition coefficient (Wildman–Crippen LogP) is 4.81. The molecular weight excluding hydrogens is 440 g/mol. The number of pyridine rings is 1. The molecule has 33 heavy (non-hydrogen) atoms. The van der Waals surface area contributed by atoms with Gasteiger partial charge in [0.1, 0.15) is 12.2 Å². The zero-order chi connectivity index (χ0) is 23.7. The topological polar surface area (TPSA) is 77.6 Å². The largest absolute Gasteiger partial charge is 0.322 e. The van der Waals surface area contributed by atoms with Crippen LogP contribution in [0.25, 0.3) is 11.0 Å². The van der Waals surface area contributed by atoms with Gasteiger partial charge in [0.25, 0.3) is 12.9 Å². The molecule has 0 atom stereocenters. The number of halogens is 4. The lowest BCUT2D eigenvalue weighted by molar-refractivity contribution is -0.116. The van der Waals surface area contributed by atoms with Gasteiger partial charge in [0.2, 0.25) is 5.91 Å². The molecule has 1 aromatic carbocycles. The van der Waals surface area contributed by atoms with E-state index < -0.39 is 36.6 Å². The van der Waals surface area contributed by atoms with Crippen LogP contribution in [-0.4, -0.2) is 30.5 Å². The molecule has 4 aromatic rings. The lowest BCUT2D eigenvalue weighted by Crippen LogP contribution is -2.19. The fourth-order valence-corrected chi connectivity index (χ4v) is 3.61. The smallest absolute Gasteiger partial charge is 0.280 e. The summed E-state index contributed by atoms with van der Waals surface area (Å²) in [5.74, 6) is -0.530. The number of alkyl halides is 4. The third-order valence-electron chi connectivity index (χ3n) is 5.19. The van der Waals surface area contributed by atoms with E-state index in [4.69, 9.17) is 0 Å². The minimum atomic E-state index is -3.04. The highest BCUT2D eigenvalue weighted by molar-refractivity contribution is 5.91. The lowest BCUT2D eigenvalue weighted by Gasteiger charge is -2.08. The number of nitrogens with one attached hydrogen (secondary N) is 1. The summed E-state index contributed by atoms with van der Waals surface area (Å²) < 4.78 is 56.0. The maximum atomic E-state index is 13.5. The molecule has 0 saturated heterocycles. The van der Waals surface area contributed by atoms with E-state index in [9.17, 15) is 22.4 Å². The number of anilines is 1. The highest BCUT2D eigenvalue weighted by atomic mass is 19.3. The van der Waals surface area contributed by atoms with Crippen molar-refractivity contribution in [2.24, 2.45) is 0 Å². The maximum Gasteiger partial charge on any atom is 0.280 e. The predicted molar refractivity (Wildman–Crippen MR) is 113 cm³/mol. The molecule has 4 rings (SSSR count). The second kappa shape index (κ2) is 9.00. The summed E-state index contributed by atoms with van der Waals surface area (Å²) in [5, 5.41) is 10.9. The van der Waals surface area contributed by atoms with Crippen molar-refractivity contribution >= 4 is 22.6 Å². The minimum absolute atomic E-state index is 0.0340. The Morgan fingerprint density at radius 2 is 1.88 bits per heavy atom. The van der Waals surface area contributed by atoms with Crippen molar-refractivity contribution in [1.29, 1.82) is 0 Å². The highest BCUT2D eigenvalue weighted by Gasteiger charge is 2.24. The van der Waals surface area contributed by atoms with Crippen molar-refractivity contribution in [2.45, 2.75) is 39.8 Å². The number of carbonyl (C=O) groups excluding carboxylic acids is 1. The van der Waals surface area contributed by atoms with Gasteiger partial charge in [-0.3, -0.25) is 9.48 Å². The summed E-state index contributed by atoms with van der Waals surface area (Å²) >= 11 is 0. The van der Waals surface area contributed by atoms with Crippen LogP contribution in [0.1, 0.15) is 40.9 Å². The summed E-state index contributed by atoms with van der Waals surface area (Å²) in [4.78, 5) is 16.3. The van der Waals surface area contributed by atoms with Crippen LogP contribution >= 0.6 is 0 Å². The van der Waals surface area contributed by atoms with Crippen LogP contribution in [-0.2, 0) is 17.9 Å². The second-order valence-corrected chi connectivity index (χ2v) is 7.58. The quantitative estimate of drug-likeness (QED) is 0.402. The monoisotopic (exact) mass is 460 g/mol. The van der Waals surface area contributed by atoms with E-state index in [2.05, 4.69) is 20.5 Å². The summed E-state index contributed by atoms with van der Waals surface area (Å²) in [6.45, 7) is 3.57. The number of aromatic nitrogens is 5. The van der Waals surface area contributed by atoms with Crippen LogP contribution in [0, 0.1) is 13.8 Å². The van der Waals surface area contributed by atoms with Crippen LogP contribution < -0.4 is 5.32 Å². The number of nitrogens with zero attached hydrogens (tertiary/aromatic N) is 5. The average Bonchev–Trinajstić information content (AvgIpc) is 3.32. The molecule has 0 unspecified atom stereocenters. The number of carbonyl (C=O) groups is 1. The molecule has 3 heterocycles. The van der Waals surface area contributed by atoms with Crippen molar-refractivity contribution < 1.29 is 22.4 Å². The van der Waals surface area contributed by atoms with Crippen LogP contribution in [0.3, 0.4) is 0 Å². The van der Waals surface area contributed by atoms with E-state index >= 15 is 0 Å². The minimum Gasteiger partial charge on any atom is -0.322 e. The van der Waals surface area contributed by atoms with Gasteiger partial charge in [-0.1, -0.05) is 24.3 Å². The normalized spacial score (nSPS) is 11.6.